The Hall–Kier alpha value is -2.49. The van der Waals surface area contributed by atoms with Crippen LogP contribution in [0.25, 0.3) is 0 Å². The van der Waals surface area contributed by atoms with Gasteiger partial charge in [0.2, 0.25) is 5.91 Å². The highest BCUT2D eigenvalue weighted by molar-refractivity contribution is 5.92. The van der Waals surface area contributed by atoms with E-state index in [2.05, 4.69) is 12.2 Å². The van der Waals surface area contributed by atoms with E-state index < -0.39 is 0 Å². The first-order valence-electron chi connectivity index (χ1n) is 8.45. The SMILES string of the molecule is CCCCOc1ccc(NC(=O)Cc2ccc(OCC)cc2)cc1. The van der Waals surface area contributed by atoms with E-state index in [0.717, 1.165) is 42.2 Å². The van der Waals surface area contributed by atoms with Gasteiger partial charge in [-0.2, -0.15) is 0 Å². The minimum atomic E-state index is -0.0428. The van der Waals surface area contributed by atoms with Crippen LogP contribution in [-0.2, 0) is 11.2 Å². The van der Waals surface area contributed by atoms with E-state index in [1.54, 1.807) is 0 Å². The molecule has 0 spiro atoms. The zero-order valence-electron chi connectivity index (χ0n) is 14.4. The van der Waals surface area contributed by atoms with Crippen molar-refractivity contribution in [1.82, 2.24) is 0 Å². The molecule has 0 heterocycles. The van der Waals surface area contributed by atoms with Gasteiger partial charge in [0.15, 0.2) is 0 Å². The van der Waals surface area contributed by atoms with Crippen molar-refractivity contribution in [2.45, 2.75) is 33.1 Å². The van der Waals surface area contributed by atoms with Gasteiger partial charge in [0.05, 0.1) is 19.6 Å². The van der Waals surface area contributed by atoms with Crippen LogP contribution < -0.4 is 14.8 Å². The summed E-state index contributed by atoms with van der Waals surface area (Å²) in [4.78, 5) is 12.1. The third-order valence-corrected chi connectivity index (χ3v) is 3.50. The molecule has 0 aliphatic carbocycles. The molecule has 2 aromatic rings. The van der Waals surface area contributed by atoms with Crippen LogP contribution in [0.3, 0.4) is 0 Å². The van der Waals surface area contributed by atoms with Crippen LogP contribution in [0.2, 0.25) is 0 Å². The van der Waals surface area contributed by atoms with Crippen LogP contribution in [0.4, 0.5) is 5.69 Å². The predicted octanol–water partition coefficient (Wildman–Crippen LogP) is 4.45. The number of benzene rings is 2. The Balaban J connectivity index is 1.83. The summed E-state index contributed by atoms with van der Waals surface area (Å²) in [5.74, 6) is 1.60. The van der Waals surface area contributed by atoms with Crippen LogP contribution in [0, 0.1) is 0 Å². The molecule has 2 rings (SSSR count). The molecule has 0 aliphatic rings. The fourth-order valence-electron chi connectivity index (χ4n) is 2.23. The number of amides is 1. The Morgan fingerprint density at radius 2 is 1.54 bits per heavy atom. The van der Waals surface area contributed by atoms with Crippen LogP contribution in [0.1, 0.15) is 32.3 Å². The maximum atomic E-state index is 12.1. The highest BCUT2D eigenvalue weighted by Gasteiger charge is 2.05. The lowest BCUT2D eigenvalue weighted by atomic mass is 10.1. The summed E-state index contributed by atoms with van der Waals surface area (Å²) < 4.78 is 11.0. The number of hydrogen-bond acceptors (Lipinski definition) is 3. The van der Waals surface area contributed by atoms with Crippen molar-refractivity contribution in [3.8, 4) is 11.5 Å². The zero-order valence-corrected chi connectivity index (χ0v) is 14.4. The van der Waals surface area contributed by atoms with Crippen LogP contribution in [-0.4, -0.2) is 19.1 Å². The fraction of sp³-hybridized carbons (Fsp3) is 0.350. The normalized spacial score (nSPS) is 10.2. The first-order valence-corrected chi connectivity index (χ1v) is 8.45. The number of anilines is 1. The standard InChI is InChI=1S/C20H25NO3/c1-3-5-14-24-19-12-8-17(9-13-19)21-20(22)15-16-6-10-18(11-7-16)23-4-2/h6-13H,3-5,14-15H2,1-2H3,(H,21,22). The molecule has 4 nitrogen and oxygen atoms in total. The molecule has 0 unspecified atom stereocenters. The van der Waals surface area contributed by atoms with E-state index in [9.17, 15) is 4.79 Å². The van der Waals surface area contributed by atoms with Crippen molar-refractivity contribution in [3.05, 3.63) is 54.1 Å². The number of ether oxygens (including phenoxy) is 2. The van der Waals surface area contributed by atoms with E-state index in [4.69, 9.17) is 9.47 Å². The molecule has 24 heavy (non-hydrogen) atoms. The van der Waals surface area contributed by atoms with Crippen molar-refractivity contribution >= 4 is 11.6 Å². The number of carbonyl (C=O) groups excluding carboxylic acids is 1. The molecule has 0 atom stereocenters. The quantitative estimate of drug-likeness (QED) is 0.692. The third kappa shape index (κ3) is 5.95. The number of nitrogens with one attached hydrogen (secondary N) is 1. The van der Waals surface area contributed by atoms with Crippen molar-refractivity contribution in [2.75, 3.05) is 18.5 Å². The molecule has 0 saturated heterocycles. The van der Waals surface area contributed by atoms with Gasteiger partial charge in [0, 0.05) is 5.69 Å². The van der Waals surface area contributed by atoms with E-state index in [0.29, 0.717) is 13.0 Å². The van der Waals surface area contributed by atoms with Gasteiger partial charge in [-0.05, 0) is 55.3 Å². The van der Waals surface area contributed by atoms with Gasteiger partial charge in [0.25, 0.3) is 0 Å². The third-order valence-electron chi connectivity index (χ3n) is 3.50. The Bertz CT molecular complexity index is 620. The Morgan fingerprint density at radius 3 is 2.17 bits per heavy atom. The Kier molecular flexibility index (Phi) is 7.15. The second kappa shape index (κ2) is 9.60. The van der Waals surface area contributed by atoms with Gasteiger partial charge in [-0.1, -0.05) is 25.5 Å². The van der Waals surface area contributed by atoms with Gasteiger partial charge < -0.3 is 14.8 Å². The molecule has 4 heteroatoms. The summed E-state index contributed by atoms with van der Waals surface area (Å²) in [6, 6.07) is 15.1. The highest BCUT2D eigenvalue weighted by Crippen LogP contribution is 2.17. The highest BCUT2D eigenvalue weighted by atomic mass is 16.5. The maximum absolute atomic E-state index is 12.1. The smallest absolute Gasteiger partial charge is 0.228 e. The lowest BCUT2D eigenvalue weighted by molar-refractivity contribution is -0.115. The molecular formula is C20H25NO3. The lowest BCUT2D eigenvalue weighted by Gasteiger charge is -2.08. The van der Waals surface area contributed by atoms with Crippen LogP contribution in [0.5, 0.6) is 11.5 Å². The largest absolute Gasteiger partial charge is 0.494 e. The topological polar surface area (TPSA) is 47.6 Å². The Labute approximate surface area is 143 Å². The van der Waals surface area contributed by atoms with E-state index in [1.165, 1.54) is 0 Å². The number of rotatable bonds is 9. The molecule has 2 aromatic carbocycles. The number of carbonyl (C=O) groups is 1. The van der Waals surface area contributed by atoms with Gasteiger partial charge in [-0.3, -0.25) is 4.79 Å². The molecule has 128 valence electrons. The van der Waals surface area contributed by atoms with Crippen LogP contribution in [0.15, 0.2) is 48.5 Å². The second-order valence-corrected chi connectivity index (χ2v) is 5.53. The molecule has 1 N–H and O–H groups in total. The average molecular weight is 327 g/mol. The molecular weight excluding hydrogens is 302 g/mol. The van der Waals surface area contributed by atoms with Gasteiger partial charge in [-0.25, -0.2) is 0 Å². The predicted molar refractivity (Wildman–Crippen MR) is 96.8 cm³/mol. The number of hydrogen-bond donors (Lipinski definition) is 1. The monoisotopic (exact) mass is 327 g/mol. The first-order chi connectivity index (χ1) is 11.7. The van der Waals surface area contributed by atoms with Crippen molar-refractivity contribution in [3.63, 3.8) is 0 Å². The first kappa shape index (κ1) is 17.9. The molecule has 0 aromatic heterocycles. The molecule has 1 amide bonds. The second-order valence-electron chi connectivity index (χ2n) is 5.53. The maximum Gasteiger partial charge on any atom is 0.228 e. The lowest BCUT2D eigenvalue weighted by Crippen LogP contribution is -2.14. The van der Waals surface area contributed by atoms with E-state index in [1.807, 2.05) is 55.5 Å². The molecule has 0 aliphatic heterocycles. The van der Waals surface area contributed by atoms with E-state index >= 15 is 0 Å². The van der Waals surface area contributed by atoms with Crippen LogP contribution >= 0.6 is 0 Å². The summed E-state index contributed by atoms with van der Waals surface area (Å²) in [6.45, 7) is 5.44. The zero-order chi connectivity index (χ0) is 17.2. The summed E-state index contributed by atoms with van der Waals surface area (Å²) >= 11 is 0. The summed E-state index contributed by atoms with van der Waals surface area (Å²) in [6.07, 6.45) is 2.49. The average Bonchev–Trinajstić information content (AvgIpc) is 2.59. The van der Waals surface area contributed by atoms with Crippen molar-refractivity contribution in [2.24, 2.45) is 0 Å². The minimum Gasteiger partial charge on any atom is -0.494 e. The van der Waals surface area contributed by atoms with Gasteiger partial charge in [0.1, 0.15) is 11.5 Å². The summed E-state index contributed by atoms with van der Waals surface area (Å²) in [7, 11) is 0. The van der Waals surface area contributed by atoms with Gasteiger partial charge >= 0.3 is 0 Å². The number of unbranched alkanes of at least 4 members (excludes halogenated alkanes) is 1. The van der Waals surface area contributed by atoms with Crippen molar-refractivity contribution in [1.29, 1.82) is 0 Å². The molecule has 0 fully saturated rings. The van der Waals surface area contributed by atoms with E-state index in [-0.39, 0.29) is 5.91 Å². The molecule has 0 saturated carbocycles. The molecule has 0 bridgehead atoms. The summed E-state index contributed by atoms with van der Waals surface area (Å²) in [5.41, 5.74) is 1.73. The van der Waals surface area contributed by atoms with Gasteiger partial charge in [-0.15, -0.1) is 0 Å². The molecule has 0 radical (unpaired) electrons. The Morgan fingerprint density at radius 1 is 0.917 bits per heavy atom. The van der Waals surface area contributed by atoms with Crippen molar-refractivity contribution < 1.29 is 14.3 Å². The summed E-state index contributed by atoms with van der Waals surface area (Å²) in [5, 5.41) is 2.90. The fourth-order valence-corrected chi connectivity index (χ4v) is 2.23. The minimum absolute atomic E-state index is 0.0428.